The fraction of sp³-hybridized carbons (Fsp3) is 0.286. The molecule has 0 bridgehead atoms. The number of benzene rings is 2. The van der Waals surface area contributed by atoms with Crippen molar-refractivity contribution in [3.8, 4) is 0 Å². The summed E-state index contributed by atoms with van der Waals surface area (Å²) in [7, 11) is 1.32. The first-order valence-electron chi connectivity index (χ1n) is 9.18. The number of carbonyl (C=O) groups excluding carboxylic acids is 3. The van der Waals surface area contributed by atoms with Crippen LogP contribution in [0.5, 0.6) is 0 Å². The molecular weight excluding hydrogens is 358 g/mol. The molecule has 7 heteroatoms. The van der Waals surface area contributed by atoms with E-state index in [1.807, 2.05) is 11.0 Å². The molecule has 0 aromatic heterocycles. The SMILES string of the molecule is COC(=O)c1ccc(NC(=O)CNc2cccc(C(=O)N3CCCC3)c2)cc1. The summed E-state index contributed by atoms with van der Waals surface area (Å²) < 4.78 is 4.64. The Balaban J connectivity index is 1.53. The van der Waals surface area contributed by atoms with Crippen molar-refractivity contribution < 1.29 is 19.1 Å². The van der Waals surface area contributed by atoms with E-state index in [2.05, 4.69) is 15.4 Å². The molecule has 0 aliphatic carbocycles. The molecule has 2 aromatic carbocycles. The van der Waals surface area contributed by atoms with E-state index < -0.39 is 5.97 Å². The van der Waals surface area contributed by atoms with Crippen LogP contribution in [0.2, 0.25) is 0 Å². The van der Waals surface area contributed by atoms with Crippen molar-refractivity contribution in [3.63, 3.8) is 0 Å². The van der Waals surface area contributed by atoms with Gasteiger partial charge in [0.1, 0.15) is 0 Å². The molecule has 1 aliphatic rings. The molecule has 0 radical (unpaired) electrons. The zero-order chi connectivity index (χ0) is 19.9. The molecule has 2 N–H and O–H groups in total. The van der Waals surface area contributed by atoms with E-state index in [9.17, 15) is 14.4 Å². The second kappa shape index (κ2) is 9.03. The smallest absolute Gasteiger partial charge is 0.337 e. The fourth-order valence-electron chi connectivity index (χ4n) is 3.06. The summed E-state index contributed by atoms with van der Waals surface area (Å²) >= 11 is 0. The van der Waals surface area contributed by atoms with Gasteiger partial charge in [-0.2, -0.15) is 0 Å². The van der Waals surface area contributed by atoms with Crippen LogP contribution >= 0.6 is 0 Å². The Labute approximate surface area is 163 Å². The highest BCUT2D eigenvalue weighted by molar-refractivity contribution is 5.96. The van der Waals surface area contributed by atoms with Crippen LogP contribution < -0.4 is 10.6 Å². The number of rotatable bonds is 6. The summed E-state index contributed by atoms with van der Waals surface area (Å²) in [5.74, 6) is -0.638. The van der Waals surface area contributed by atoms with Gasteiger partial charge in [-0.05, 0) is 55.3 Å². The number of anilines is 2. The highest BCUT2D eigenvalue weighted by Crippen LogP contribution is 2.16. The third-order valence-corrected chi connectivity index (χ3v) is 4.55. The normalized spacial score (nSPS) is 13.1. The minimum Gasteiger partial charge on any atom is -0.465 e. The largest absolute Gasteiger partial charge is 0.465 e. The first-order chi connectivity index (χ1) is 13.6. The van der Waals surface area contributed by atoms with Crippen LogP contribution in [-0.2, 0) is 9.53 Å². The molecular formula is C21H23N3O4. The summed E-state index contributed by atoms with van der Waals surface area (Å²) in [5, 5.41) is 5.78. The molecule has 28 heavy (non-hydrogen) atoms. The zero-order valence-corrected chi connectivity index (χ0v) is 15.7. The minimum atomic E-state index is -0.428. The maximum atomic E-state index is 12.5. The Morgan fingerprint density at radius 1 is 0.964 bits per heavy atom. The molecule has 3 rings (SSSR count). The van der Waals surface area contributed by atoms with E-state index in [1.165, 1.54) is 7.11 Å². The predicted octanol–water partition coefficient (Wildman–Crippen LogP) is 2.76. The number of methoxy groups -OCH3 is 1. The van der Waals surface area contributed by atoms with E-state index in [4.69, 9.17) is 0 Å². The summed E-state index contributed by atoms with van der Waals surface area (Å²) in [6, 6.07) is 13.6. The van der Waals surface area contributed by atoms with Gasteiger partial charge >= 0.3 is 5.97 Å². The minimum absolute atomic E-state index is 0.0243. The van der Waals surface area contributed by atoms with Gasteiger partial charge in [-0.3, -0.25) is 9.59 Å². The Kier molecular flexibility index (Phi) is 6.26. The number of hydrogen-bond acceptors (Lipinski definition) is 5. The number of esters is 1. The molecule has 0 unspecified atom stereocenters. The Morgan fingerprint density at radius 2 is 1.68 bits per heavy atom. The molecule has 0 saturated carbocycles. The van der Waals surface area contributed by atoms with E-state index in [0.717, 1.165) is 25.9 Å². The highest BCUT2D eigenvalue weighted by atomic mass is 16.5. The topological polar surface area (TPSA) is 87.7 Å². The molecule has 1 heterocycles. The van der Waals surface area contributed by atoms with Crippen molar-refractivity contribution in [2.75, 3.05) is 37.4 Å². The van der Waals surface area contributed by atoms with Gasteiger partial charge in [-0.15, -0.1) is 0 Å². The van der Waals surface area contributed by atoms with Gasteiger partial charge in [0, 0.05) is 30.0 Å². The van der Waals surface area contributed by atoms with E-state index >= 15 is 0 Å². The molecule has 2 aromatic rings. The Morgan fingerprint density at radius 3 is 2.36 bits per heavy atom. The molecule has 1 fully saturated rings. The van der Waals surface area contributed by atoms with Gasteiger partial charge in [0.25, 0.3) is 5.91 Å². The second-order valence-electron chi connectivity index (χ2n) is 6.55. The average molecular weight is 381 g/mol. The third kappa shape index (κ3) is 4.88. The van der Waals surface area contributed by atoms with Crippen molar-refractivity contribution in [1.82, 2.24) is 4.90 Å². The predicted molar refractivity (Wildman–Crippen MR) is 106 cm³/mol. The van der Waals surface area contributed by atoms with Gasteiger partial charge in [0.2, 0.25) is 5.91 Å². The van der Waals surface area contributed by atoms with Crippen LogP contribution in [0.25, 0.3) is 0 Å². The lowest BCUT2D eigenvalue weighted by Crippen LogP contribution is -2.27. The van der Waals surface area contributed by atoms with Crippen LogP contribution in [0, 0.1) is 0 Å². The molecule has 146 valence electrons. The summed E-state index contributed by atoms with van der Waals surface area (Å²) in [5.41, 5.74) is 2.32. The standard InChI is InChI=1S/C21H23N3O4/c1-28-21(27)15-7-9-17(10-8-15)23-19(25)14-22-18-6-4-5-16(13-18)20(26)24-11-2-3-12-24/h4-10,13,22H,2-3,11-12,14H2,1H3,(H,23,25). The van der Waals surface area contributed by atoms with Gasteiger partial charge in [-0.25, -0.2) is 4.79 Å². The Bertz CT molecular complexity index is 858. The second-order valence-corrected chi connectivity index (χ2v) is 6.55. The summed E-state index contributed by atoms with van der Waals surface area (Å²) in [6.45, 7) is 1.65. The lowest BCUT2D eigenvalue weighted by Gasteiger charge is -2.16. The number of likely N-dealkylation sites (tertiary alicyclic amines) is 1. The maximum Gasteiger partial charge on any atom is 0.337 e. The molecule has 0 spiro atoms. The first kappa shape index (κ1) is 19.4. The lowest BCUT2D eigenvalue weighted by atomic mass is 10.1. The average Bonchev–Trinajstić information content (AvgIpc) is 3.27. The zero-order valence-electron chi connectivity index (χ0n) is 15.7. The van der Waals surface area contributed by atoms with E-state index in [0.29, 0.717) is 22.5 Å². The van der Waals surface area contributed by atoms with E-state index in [-0.39, 0.29) is 18.4 Å². The molecule has 2 amide bonds. The highest BCUT2D eigenvalue weighted by Gasteiger charge is 2.19. The van der Waals surface area contributed by atoms with Gasteiger partial charge in [-0.1, -0.05) is 6.07 Å². The van der Waals surface area contributed by atoms with Crippen molar-refractivity contribution in [2.24, 2.45) is 0 Å². The fourth-order valence-corrected chi connectivity index (χ4v) is 3.06. The number of nitrogens with zero attached hydrogens (tertiary/aromatic N) is 1. The number of carbonyl (C=O) groups is 3. The quantitative estimate of drug-likeness (QED) is 0.752. The van der Waals surface area contributed by atoms with Crippen LogP contribution in [0.4, 0.5) is 11.4 Å². The number of hydrogen-bond donors (Lipinski definition) is 2. The van der Waals surface area contributed by atoms with Crippen LogP contribution in [0.15, 0.2) is 48.5 Å². The summed E-state index contributed by atoms with van der Waals surface area (Å²) in [6.07, 6.45) is 2.09. The molecule has 1 aliphatic heterocycles. The molecule has 0 atom stereocenters. The monoisotopic (exact) mass is 381 g/mol. The van der Waals surface area contributed by atoms with Crippen LogP contribution in [0.3, 0.4) is 0 Å². The van der Waals surface area contributed by atoms with Crippen molar-refractivity contribution in [1.29, 1.82) is 0 Å². The Hall–Kier alpha value is -3.35. The summed E-state index contributed by atoms with van der Waals surface area (Å²) in [4.78, 5) is 37.9. The van der Waals surface area contributed by atoms with Crippen molar-refractivity contribution in [3.05, 3.63) is 59.7 Å². The van der Waals surface area contributed by atoms with Gasteiger partial charge in [0.15, 0.2) is 0 Å². The number of ether oxygens (including phenoxy) is 1. The van der Waals surface area contributed by atoms with Crippen molar-refractivity contribution in [2.45, 2.75) is 12.8 Å². The van der Waals surface area contributed by atoms with Crippen LogP contribution in [-0.4, -0.2) is 49.4 Å². The number of nitrogens with one attached hydrogen (secondary N) is 2. The van der Waals surface area contributed by atoms with Gasteiger partial charge < -0.3 is 20.3 Å². The van der Waals surface area contributed by atoms with Crippen molar-refractivity contribution >= 4 is 29.2 Å². The van der Waals surface area contributed by atoms with Crippen LogP contribution in [0.1, 0.15) is 33.6 Å². The maximum absolute atomic E-state index is 12.5. The molecule has 1 saturated heterocycles. The molecule has 7 nitrogen and oxygen atoms in total. The lowest BCUT2D eigenvalue weighted by molar-refractivity contribution is -0.114. The number of amides is 2. The third-order valence-electron chi connectivity index (χ3n) is 4.55. The van der Waals surface area contributed by atoms with Gasteiger partial charge in [0.05, 0.1) is 19.2 Å². The first-order valence-corrected chi connectivity index (χ1v) is 9.18. The van der Waals surface area contributed by atoms with E-state index in [1.54, 1.807) is 42.5 Å².